The van der Waals surface area contributed by atoms with Crippen molar-refractivity contribution in [3.05, 3.63) is 50.6 Å². The summed E-state index contributed by atoms with van der Waals surface area (Å²) in [7, 11) is 0. The number of rotatable bonds is 5. The van der Waals surface area contributed by atoms with E-state index in [1.165, 1.54) is 10.4 Å². The summed E-state index contributed by atoms with van der Waals surface area (Å²) >= 11 is 3.43. The highest BCUT2D eigenvalue weighted by molar-refractivity contribution is 7.99. The lowest BCUT2D eigenvalue weighted by molar-refractivity contribution is 0.631. The molecule has 0 saturated carbocycles. The van der Waals surface area contributed by atoms with E-state index in [2.05, 4.69) is 26.8 Å². The van der Waals surface area contributed by atoms with Gasteiger partial charge in [0, 0.05) is 10.6 Å². The van der Waals surface area contributed by atoms with Crippen LogP contribution in [0.3, 0.4) is 0 Å². The Kier molecular flexibility index (Phi) is 4.93. The average molecular weight is 385 g/mol. The zero-order valence-corrected chi connectivity index (χ0v) is 17.2. The Morgan fingerprint density at radius 2 is 2.08 bits per heavy atom. The van der Waals surface area contributed by atoms with Crippen molar-refractivity contribution in [2.24, 2.45) is 5.92 Å². The molecule has 3 aromatic rings. The van der Waals surface area contributed by atoms with Crippen molar-refractivity contribution >= 4 is 33.3 Å². The van der Waals surface area contributed by atoms with Gasteiger partial charge in [-0.1, -0.05) is 43.8 Å². The summed E-state index contributed by atoms with van der Waals surface area (Å²) in [5.74, 6) is 1.63. The SMILES string of the molecule is Cc1ccccc1-n1c(SCCC(C)C)nc2sc3c(c2c1=O)CCC3. The maximum Gasteiger partial charge on any atom is 0.267 e. The summed E-state index contributed by atoms with van der Waals surface area (Å²) in [4.78, 5) is 20.8. The monoisotopic (exact) mass is 384 g/mol. The van der Waals surface area contributed by atoms with E-state index in [0.29, 0.717) is 5.92 Å². The molecule has 0 aliphatic heterocycles. The van der Waals surface area contributed by atoms with Crippen LogP contribution in [0.15, 0.2) is 34.2 Å². The second-order valence-corrected chi connectivity index (χ2v) is 9.54. The number of hydrogen-bond donors (Lipinski definition) is 0. The zero-order chi connectivity index (χ0) is 18.3. The molecule has 0 saturated heterocycles. The molecule has 0 spiro atoms. The Bertz CT molecular complexity index is 1020. The Morgan fingerprint density at radius 1 is 1.27 bits per heavy atom. The van der Waals surface area contributed by atoms with Gasteiger partial charge in [0.05, 0.1) is 11.1 Å². The van der Waals surface area contributed by atoms with Gasteiger partial charge >= 0.3 is 0 Å². The molecule has 0 N–H and O–H groups in total. The number of benzene rings is 1. The number of thioether (sulfide) groups is 1. The van der Waals surface area contributed by atoms with Crippen molar-refractivity contribution in [3.8, 4) is 5.69 Å². The third kappa shape index (κ3) is 3.12. The predicted molar refractivity (Wildman–Crippen MR) is 112 cm³/mol. The van der Waals surface area contributed by atoms with Crippen molar-refractivity contribution in [1.82, 2.24) is 9.55 Å². The van der Waals surface area contributed by atoms with Gasteiger partial charge in [-0.05, 0) is 55.7 Å². The maximum absolute atomic E-state index is 13.5. The zero-order valence-electron chi connectivity index (χ0n) is 15.5. The summed E-state index contributed by atoms with van der Waals surface area (Å²) in [6, 6.07) is 8.11. The van der Waals surface area contributed by atoms with Crippen LogP contribution in [-0.2, 0) is 12.8 Å². The van der Waals surface area contributed by atoms with E-state index in [-0.39, 0.29) is 5.56 Å². The van der Waals surface area contributed by atoms with E-state index >= 15 is 0 Å². The first-order valence-electron chi connectivity index (χ1n) is 9.32. The van der Waals surface area contributed by atoms with Gasteiger partial charge < -0.3 is 0 Å². The summed E-state index contributed by atoms with van der Waals surface area (Å²) < 4.78 is 1.86. The molecule has 0 radical (unpaired) electrons. The van der Waals surface area contributed by atoms with Crippen molar-refractivity contribution in [2.75, 3.05) is 5.75 Å². The van der Waals surface area contributed by atoms with Gasteiger partial charge in [-0.25, -0.2) is 4.98 Å². The van der Waals surface area contributed by atoms with Crippen LogP contribution in [0.2, 0.25) is 0 Å². The number of hydrogen-bond acceptors (Lipinski definition) is 4. The fourth-order valence-electron chi connectivity index (χ4n) is 3.53. The molecule has 3 nitrogen and oxygen atoms in total. The average Bonchev–Trinajstić information content (AvgIpc) is 3.16. The highest BCUT2D eigenvalue weighted by Gasteiger charge is 2.24. The number of thiophene rings is 1. The van der Waals surface area contributed by atoms with Crippen LogP contribution < -0.4 is 5.56 Å². The maximum atomic E-state index is 13.5. The topological polar surface area (TPSA) is 34.9 Å². The number of para-hydroxylation sites is 1. The Hall–Kier alpha value is -1.59. The summed E-state index contributed by atoms with van der Waals surface area (Å²) in [6.45, 7) is 6.53. The molecule has 0 atom stereocenters. The first kappa shape index (κ1) is 17.8. The van der Waals surface area contributed by atoms with Crippen molar-refractivity contribution < 1.29 is 0 Å². The van der Waals surface area contributed by atoms with Crippen LogP contribution in [0.4, 0.5) is 0 Å². The summed E-state index contributed by atoms with van der Waals surface area (Å²) in [6.07, 6.45) is 4.38. The Morgan fingerprint density at radius 3 is 2.85 bits per heavy atom. The molecule has 0 amide bonds. The van der Waals surface area contributed by atoms with Crippen LogP contribution >= 0.6 is 23.1 Å². The first-order chi connectivity index (χ1) is 12.6. The third-order valence-corrected chi connectivity index (χ3v) is 7.15. The Labute approximate surface area is 162 Å². The third-order valence-electron chi connectivity index (χ3n) is 4.99. The number of fused-ring (bicyclic) bond motifs is 3. The Balaban J connectivity index is 1.92. The van der Waals surface area contributed by atoms with Crippen molar-refractivity contribution in [1.29, 1.82) is 0 Å². The largest absolute Gasteiger partial charge is 0.268 e. The lowest BCUT2D eigenvalue weighted by Crippen LogP contribution is -2.22. The van der Waals surface area contributed by atoms with E-state index in [1.807, 2.05) is 22.8 Å². The second-order valence-electron chi connectivity index (χ2n) is 7.39. The molecule has 4 rings (SSSR count). The minimum absolute atomic E-state index is 0.107. The fraction of sp³-hybridized carbons (Fsp3) is 0.429. The van der Waals surface area contributed by atoms with Crippen LogP contribution in [0, 0.1) is 12.8 Å². The lowest BCUT2D eigenvalue weighted by Gasteiger charge is -2.14. The smallest absolute Gasteiger partial charge is 0.267 e. The van der Waals surface area contributed by atoms with Gasteiger partial charge in [0.2, 0.25) is 0 Å². The molecule has 0 bridgehead atoms. The minimum atomic E-state index is 0.107. The molecule has 2 aromatic heterocycles. The van der Waals surface area contributed by atoms with Crippen molar-refractivity contribution in [2.45, 2.75) is 51.6 Å². The normalized spacial score (nSPS) is 13.7. The summed E-state index contributed by atoms with van der Waals surface area (Å²) in [5.41, 5.74) is 3.42. The molecule has 26 heavy (non-hydrogen) atoms. The van der Waals surface area contributed by atoms with Gasteiger partial charge in [0.15, 0.2) is 5.16 Å². The lowest BCUT2D eigenvalue weighted by atomic mass is 10.2. The van der Waals surface area contributed by atoms with Crippen LogP contribution in [0.5, 0.6) is 0 Å². The van der Waals surface area contributed by atoms with E-state index in [1.54, 1.807) is 23.1 Å². The molecule has 0 fully saturated rings. The standard InChI is InChI=1S/C21H24N2OS2/c1-13(2)11-12-25-21-22-19-18(15-8-6-10-17(15)26-19)20(24)23(21)16-9-5-4-7-14(16)3/h4-5,7,9,13H,6,8,10-12H2,1-3H3. The number of aryl methyl sites for hydroxylation is 3. The molecule has 1 aliphatic carbocycles. The molecule has 5 heteroatoms. The fourth-order valence-corrected chi connectivity index (χ4v) is 6.08. The van der Waals surface area contributed by atoms with E-state index in [4.69, 9.17) is 4.98 Å². The van der Waals surface area contributed by atoms with Gasteiger partial charge in [0.1, 0.15) is 4.83 Å². The number of nitrogens with zero attached hydrogens (tertiary/aromatic N) is 2. The quantitative estimate of drug-likeness (QED) is 0.437. The molecule has 136 valence electrons. The first-order valence-corrected chi connectivity index (χ1v) is 11.1. The highest BCUT2D eigenvalue weighted by atomic mass is 32.2. The molecule has 1 aliphatic rings. The van der Waals surface area contributed by atoms with Crippen LogP contribution in [-0.4, -0.2) is 15.3 Å². The second kappa shape index (κ2) is 7.20. The van der Waals surface area contributed by atoms with E-state index < -0.39 is 0 Å². The van der Waals surface area contributed by atoms with Gasteiger partial charge in [-0.3, -0.25) is 9.36 Å². The van der Waals surface area contributed by atoms with Crippen LogP contribution in [0.1, 0.15) is 42.7 Å². The van der Waals surface area contributed by atoms with Gasteiger partial charge in [-0.15, -0.1) is 11.3 Å². The molecule has 2 heterocycles. The van der Waals surface area contributed by atoms with Crippen molar-refractivity contribution in [3.63, 3.8) is 0 Å². The van der Waals surface area contributed by atoms with Gasteiger partial charge in [-0.2, -0.15) is 0 Å². The molecular weight excluding hydrogens is 360 g/mol. The summed E-state index contributed by atoms with van der Waals surface area (Å²) in [5, 5.41) is 1.69. The molecule has 0 unspecified atom stereocenters. The van der Waals surface area contributed by atoms with E-state index in [9.17, 15) is 4.79 Å². The number of aromatic nitrogens is 2. The highest BCUT2D eigenvalue weighted by Crippen LogP contribution is 2.36. The van der Waals surface area contributed by atoms with Crippen LogP contribution in [0.25, 0.3) is 15.9 Å². The minimum Gasteiger partial charge on any atom is -0.268 e. The van der Waals surface area contributed by atoms with E-state index in [0.717, 1.165) is 58.1 Å². The molecule has 1 aromatic carbocycles. The van der Waals surface area contributed by atoms with Gasteiger partial charge in [0.25, 0.3) is 5.56 Å². The predicted octanol–water partition coefficient (Wildman–Crippen LogP) is 5.38. The molecular formula is C21H24N2OS2.